The van der Waals surface area contributed by atoms with E-state index in [1.165, 1.54) is 6.20 Å². The highest BCUT2D eigenvalue weighted by Crippen LogP contribution is 2.26. The zero-order valence-electron chi connectivity index (χ0n) is 13.0. The molecule has 2 rings (SSSR count). The molecule has 6 nitrogen and oxygen atoms in total. The van der Waals surface area contributed by atoms with E-state index in [0.717, 1.165) is 6.26 Å². The van der Waals surface area contributed by atoms with E-state index in [2.05, 4.69) is 4.98 Å². The lowest BCUT2D eigenvalue weighted by Crippen LogP contribution is -2.50. The van der Waals surface area contributed by atoms with Gasteiger partial charge >= 0.3 is 6.18 Å². The number of hydrogen-bond acceptors (Lipinski definition) is 5. The Morgan fingerprint density at radius 1 is 1.38 bits per heavy atom. The molecule has 0 amide bonds. The number of aromatic nitrogens is 1. The van der Waals surface area contributed by atoms with Crippen LogP contribution in [-0.4, -0.2) is 55.8 Å². The van der Waals surface area contributed by atoms with Crippen molar-refractivity contribution in [2.75, 3.05) is 30.8 Å². The summed E-state index contributed by atoms with van der Waals surface area (Å²) in [6.07, 6.45) is -1.79. The van der Waals surface area contributed by atoms with E-state index < -0.39 is 28.8 Å². The van der Waals surface area contributed by atoms with Crippen LogP contribution in [0, 0.1) is 11.3 Å². The standard InChI is InChI=1S/C14H17F3N4O2S/c1-24(22,23)21(10-14(15,16)17)12-4-6-20(7-5-12)13-3-2-11(8-18)9-19-13/h2-3,9,12H,4-7,10H2,1H3. The van der Waals surface area contributed by atoms with Crippen molar-refractivity contribution in [1.29, 1.82) is 5.26 Å². The molecule has 0 spiro atoms. The van der Waals surface area contributed by atoms with Gasteiger partial charge in [0.25, 0.3) is 0 Å². The summed E-state index contributed by atoms with van der Waals surface area (Å²) in [5.74, 6) is 0.620. The van der Waals surface area contributed by atoms with Gasteiger partial charge in [-0.25, -0.2) is 13.4 Å². The van der Waals surface area contributed by atoms with E-state index in [1.807, 2.05) is 11.0 Å². The summed E-state index contributed by atoms with van der Waals surface area (Å²) in [6, 6.07) is 4.55. The second-order valence-electron chi connectivity index (χ2n) is 5.66. The van der Waals surface area contributed by atoms with Crippen molar-refractivity contribution in [1.82, 2.24) is 9.29 Å². The number of anilines is 1. The highest BCUT2D eigenvalue weighted by Gasteiger charge is 2.39. The van der Waals surface area contributed by atoms with Crippen LogP contribution in [0.15, 0.2) is 18.3 Å². The molecule has 24 heavy (non-hydrogen) atoms. The molecule has 1 fully saturated rings. The van der Waals surface area contributed by atoms with E-state index in [0.29, 0.717) is 28.8 Å². The Bertz CT molecular complexity index is 705. The number of rotatable bonds is 4. The normalized spacial score (nSPS) is 17.1. The third-order valence-electron chi connectivity index (χ3n) is 3.83. The quantitative estimate of drug-likeness (QED) is 0.815. The average Bonchev–Trinajstić information content (AvgIpc) is 2.51. The zero-order valence-corrected chi connectivity index (χ0v) is 13.8. The first-order valence-corrected chi connectivity index (χ1v) is 9.09. The fraction of sp³-hybridized carbons (Fsp3) is 0.571. The number of nitrogens with zero attached hydrogens (tertiary/aromatic N) is 4. The fourth-order valence-corrected chi connectivity index (χ4v) is 3.85. The molecule has 0 aliphatic carbocycles. The lowest BCUT2D eigenvalue weighted by atomic mass is 10.0. The number of hydrogen-bond donors (Lipinski definition) is 0. The van der Waals surface area contributed by atoms with Crippen LogP contribution in [0.4, 0.5) is 19.0 Å². The monoisotopic (exact) mass is 362 g/mol. The van der Waals surface area contributed by atoms with Crippen LogP contribution in [0.1, 0.15) is 18.4 Å². The van der Waals surface area contributed by atoms with Crippen molar-refractivity contribution >= 4 is 15.8 Å². The Kier molecular flexibility index (Phi) is 5.35. The Balaban J connectivity index is 2.05. The highest BCUT2D eigenvalue weighted by atomic mass is 32.2. The van der Waals surface area contributed by atoms with Crippen LogP contribution in [-0.2, 0) is 10.0 Å². The molecule has 0 atom stereocenters. The van der Waals surface area contributed by atoms with E-state index in [4.69, 9.17) is 5.26 Å². The van der Waals surface area contributed by atoms with Crippen LogP contribution in [0.3, 0.4) is 0 Å². The maximum absolute atomic E-state index is 12.7. The van der Waals surface area contributed by atoms with Gasteiger partial charge in [0.05, 0.1) is 11.8 Å². The molecule has 1 aromatic heterocycles. The summed E-state index contributed by atoms with van der Waals surface area (Å²) in [5, 5.41) is 8.75. The molecule has 0 radical (unpaired) electrons. The van der Waals surface area contributed by atoms with Crippen molar-refractivity contribution < 1.29 is 21.6 Å². The predicted molar refractivity (Wildman–Crippen MR) is 81.8 cm³/mol. The van der Waals surface area contributed by atoms with E-state index in [1.54, 1.807) is 12.1 Å². The largest absolute Gasteiger partial charge is 0.402 e. The van der Waals surface area contributed by atoms with Gasteiger partial charge in [0, 0.05) is 25.3 Å². The topological polar surface area (TPSA) is 77.3 Å². The summed E-state index contributed by atoms with van der Waals surface area (Å²) in [4.78, 5) is 6.01. The molecule has 2 heterocycles. The highest BCUT2D eigenvalue weighted by molar-refractivity contribution is 7.88. The Morgan fingerprint density at radius 2 is 2.00 bits per heavy atom. The minimum Gasteiger partial charge on any atom is -0.357 e. The minimum absolute atomic E-state index is 0.283. The molecule has 1 aliphatic rings. The Labute approximate surface area is 138 Å². The van der Waals surface area contributed by atoms with Crippen molar-refractivity contribution in [3.63, 3.8) is 0 Å². The summed E-state index contributed by atoms with van der Waals surface area (Å²) in [6.45, 7) is -0.674. The summed E-state index contributed by atoms with van der Waals surface area (Å²) < 4.78 is 61.9. The molecule has 0 bridgehead atoms. The number of alkyl halides is 3. The maximum atomic E-state index is 12.7. The molecule has 1 aliphatic heterocycles. The predicted octanol–water partition coefficient (Wildman–Crippen LogP) is 1.75. The van der Waals surface area contributed by atoms with Gasteiger partial charge in [0.2, 0.25) is 10.0 Å². The third kappa shape index (κ3) is 4.82. The molecule has 1 aromatic rings. The van der Waals surface area contributed by atoms with Crippen LogP contribution >= 0.6 is 0 Å². The SMILES string of the molecule is CS(=O)(=O)N(CC(F)(F)F)C1CCN(c2ccc(C#N)cn2)CC1. The number of pyridine rings is 1. The van der Waals surface area contributed by atoms with Crippen LogP contribution in [0.5, 0.6) is 0 Å². The van der Waals surface area contributed by atoms with Crippen LogP contribution < -0.4 is 4.90 Å². The third-order valence-corrected chi connectivity index (χ3v) is 5.11. The number of nitriles is 1. The van der Waals surface area contributed by atoms with Gasteiger partial charge in [-0.05, 0) is 25.0 Å². The second-order valence-corrected chi connectivity index (χ2v) is 7.59. The lowest BCUT2D eigenvalue weighted by molar-refractivity contribution is -0.139. The Morgan fingerprint density at radius 3 is 2.42 bits per heavy atom. The first kappa shape index (κ1) is 18.5. The molecule has 0 aromatic carbocycles. The molecule has 0 saturated carbocycles. The van der Waals surface area contributed by atoms with E-state index >= 15 is 0 Å². The van der Waals surface area contributed by atoms with E-state index in [9.17, 15) is 21.6 Å². The van der Waals surface area contributed by atoms with Crippen LogP contribution in [0.2, 0.25) is 0 Å². The smallest absolute Gasteiger partial charge is 0.357 e. The van der Waals surface area contributed by atoms with E-state index in [-0.39, 0.29) is 12.8 Å². The zero-order chi connectivity index (χ0) is 18.0. The summed E-state index contributed by atoms with van der Waals surface area (Å²) in [5.41, 5.74) is 0.419. The molecule has 1 saturated heterocycles. The molecular weight excluding hydrogens is 345 g/mol. The second kappa shape index (κ2) is 6.94. The first-order chi connectivity index (χ1) is 11.1. The first-order valence-electron chi connectivity index (χ1n) is 7.25. The van der Waals surface area contributed by atoms with Crippen molar-refractivity contribution in [2.45, 2.75) is 25.1 Å². The Hall–Kier alpha value is -1.86. The van der Waals surface area contributed by atoms with Crippen molar-refractivity contribution in [2.24, 2.45) is 0 Å². The number of piperidine rings is 1. The van der Waals surface area contributed by atoms with Gasteiger partial charge in [-0.1, -0.05) is 0 Å². The number of sulfonamides is 1. The molecule has 10 heteroatoms. The van der Waals surface area contributed by atoms with Gasteiger partial charge in [-0.2, -0.15) is 22.7 Å². The average molecular weight is 362 g/mol. The molecular formula is C14H17F3N4O2S. The molecule has 0 N–H and O–H groups in total. The van der Waals surface area contributed by atoms with Gasteiger partial charge in [0.1, 0.15) is 18.4 Å². The number of halogens is 3. The summed E-state index contributed by atoms with van der Waals surface area (Å²) in [7, 11) is -3.95. The van der Waals surface area contributed by atoms with Gasteiger partial charge in [-0.15, -0.1) is 0 Å². The summed E-state index contributed by atoms with van der Waals surface area (Å²) >= 11 is 0. The van der Waals surface area contributed by atoms with Crippen molar-refractivity contribution in [3.8, 4) is 6.07 Å². The lowest BCUT2D eigenvalue weighted by Gasteiger charge is -2.38. The minimum atomic E-state index is -4.57. The van der Waals surface area contributed by atoms with Gasteiger partial charge < -0.3 is 4.90 Å². The fourth-order valence-electron chi connectivity index (χ4n) is 2.72. The molecule has 132 valence electrons. The molecule has 0 unspecified atom stereocenters. The maximum Gasteiger partial charge on any atom is 0.402 e. The van der Waals surface area contributed by atoms with Gasteiger partial charge in [-0.3, -0.25) is 0 Å². The van der Waals surface area contributed by atoms with Gasteiger partial charge in [0.15, 0.2) is 0 Å². The van der Waals surface area contributed by atoms with Crippen molar-refractivity contribution in [3.05, 3.63) is 23.9 Å². The van der Waals surface area contributed by atoms with Crippen LogP contribution in [0.25, 0.3) is 0 Å².